The summed E-state index contributed by atoms with van der Waals surface area (Å²) in [7, 11) is 1.62. The van der Waals surface area contributed by atoms with Crippen molar-refractivity contribution in [2.75, 3.05) is 25.6 Å². The van der Waals surface area contributed by atoms with Crippen molar-refractivity contribution < 1.29 is 19.4 Å². The van der Waals surface area contributed by atoms with Crippen LogP contribution in [0.1, 0.15) is 16.1 Å². The Morgan fingerprint density at radius 1 is 1.22 bits per heavy atom. The van der Waals surface area contributed by atoms with Crippen molar-refractivity contribution in [1.29, 1.82) is 0 Å². The molecule has 6 nitrogen and oxygen atoms in total. The number of esters is 1. The van der Waals surface area contributed by atoms with Crippen molar-refractivity contribution in [3.05, 3.63) is 65.2 Å². The first-order valence-electron chi connectivity index (χ1n) is 8.41. The number of carbonyl (C=O) groups excluding carboxylic acids is 1. The lowest BCUT2D eigenvalue weighted by Gasteiger charge is -2.10. The van der Waals surface area contributed by atoms with Gasteiger partial charge >= 0.3 is 5.97 Å². The van der Waals surface area contributed by atoms with Crippen LogP contribution in [-0.4, -0.2) is 36.3 Å². The standard InChI is InChI=1S/C20H20N2O4S/c1-25-16-6-4-5-14(11-16)19-22-15(13-27-19)12-26-20(24)17-7-2-3-8-18(17)21-9-10-23/h2-8,11,13,21,23H,9-10,12H2,1H3. The van der Waals surface area contributed by atoms with E-state index in [4.69, 9.17) is 14.6 Å². The van der Waals surface area contributed by atoms with Crippen LogP contribution in [0.2, 0.25) is 0 Å². The molecule has 27 heavy (non-hydrogen) atoms. The smallest absolute Gasteiger partial charge is 0.340 e. The van der Waals surface area contributed by atoms with Gasteiger partial charge in [-0.05, 0) is 24.3 Å². The second-order valence-corrected chi connectivity index (χ2v) is 6.51. The van der Waals surface area contributed by atoms with Crippen LogP contribution in [0, 0.1) is 0 Å². The second-order valence-electron chi connectivity index (χ2n) is 5.65. The molecule has 0 bridgehead atoms. The summed E-state index contributed by atoms with van der Waals surface area (Å²) in [6, 6.07) is 14.7. The molecule has 1 heterocycles. The average molecular weight is 384 g/mol. The van der Waals surface area contributed by atoms with Gasteiger partial charge in [0.2, 0.25) is 0 Å². The molecule has 0 radical (unpaired) electrons. The monoisotopic (exact) mass is 384 g/mol. The van der Waals surface area contributed by atoms with E-state index >= 15 is 0 Å². The third kappa shape index (κ3) is 4.84. The van der Waals surface area contributed by atoms with Crippen molar-refractivity contribution in [2.45, 2.75) is 6.61 Å². The molecular formula is C20H20N2O4S. The summed E-state index contributed by atoms with van der Waals surface area (Å²) in [4.78, 5) is 16.9. The summed E-state index contributed by atoms with van der Waals surface area (Å²) < 4.78 is 10.6. The number of anilines is 1. The van der Waals surface area contributed by atoms with Crippen molar-refractivity contribution in [1.82, 2.24) is 4.98 Å². The van der Waals surface area contributed by atoms with E-state index in [-0.39, 0.29) is 13.2 Å². The molecule has 3 rings (SSSR count). The van der Waals surface area contributed by atoms with Gasteiger partial charge in [0.1, 0.15) is 17.4 Å². The number of thiazole rings is 1. The minimum Gasteiger partial charge on any atom is -0.497 e. The molecule has 0 spiro atoms. The van der Waals surface area contributed by atoms with Crippen LogP contribution in [0.5, 0.6) is 5.75 Å². The topological polar surface area (TPSA) is 80.7 Å². The van der Waals surface area contributed by atoms with Crippen LogP contribution in [0.3, 0.4) is 0 Å². The second kappa shape index (κ2) is 9.16. The minimum atomic E-state index is -0.438. The molecule has 0 saturated heterocycles. The molecule has 2 aromatic carbocycles. The largest absolute Gasteiger partial charge is 0.497 e. The number of hydrogen-bond acceptors (Lipinski definition) is 7. The number of aromatic nitrogens is 1. The first-order chi connectivity index (χ1) is 13.2. The van der Waals surface area contributed by atoms with E-state index in [0.29, 0.717) is 23.5 Å². The zero-order valence-electron chi connectivity index (χ0n) is 14.8. The summed E-state index contributed by atoms with van der Waals surface area (Å²) in [5, 5.41) is 14.7. The molecule has 3 aromatic rings. The van der Waals surface area contributed by atoms with Gasteiger partial charge in [0.15, 0.2) is 0 Å². The maximum atomic E-state index is 12.4. The number of aliphatic hydroxyl groups excluding tert-OH is 1. The number of para-hydroxylation sites is 1. The number of nitrogens with one attached hydrogen (secondary N) is 1. The molecule has 0 aliphatic heterocycles. The van der Waals surface area contributed by atoms with E-state index in [2.05, 4.69) is 10.3 Å². The first kappa shape index (κ1) is 18.9. The van der Waals surface area contributed by atoms with Crippen LogP contribution in [0.25, 0.3) is 10.6 Å². The Labute approximate surface area is 161 Å². The van der Waals surface area contributed by atoms with Gasteiger partial charge in [0.25, 0.3) is 0 Å². The quantitative estimate of drug-likeness (QED) is 0.578. The zero-order valence-corrected chi connectivity index (χ0v) is 15.7. The summed E-state index contributed by atoms with van der Waals surface area (Å²) >= 11 is 1.49. The number of rotatable bonds is 8. The Kier molecular flexibility index (Phi) is 6.40. The van der Waals surface area contributed by atoms with Gasteiger partial charge in [-0.2, -0.15) is 0 Å². The normalized spacial score (nSPS) is 10.4. The first-order valence-corrected chi connectivity index (χ1v) is 9.29. The average Bonchev–Trinajstić information content (AvgIpc) is 3.20. The van der Waals surface area contributed by atoms with E-state index in [0.717, 1.165) is 16.3 Å². The fraction of sp³-hybridized carbons (Fsp3) is 0.200. The lowest BCUT2D eigenvalue weighted by atomic mass is 10.2. The van der Waals surface area contributed by atoms with E-state index in [1.165, 1.54) is 11.3 Å². The van der Waals surface area contributed by atoms with Crippen LogP contribution >= 0.6 is 11.3 Å². The van der Waals surface area contributed by atoms with Crippen molar-refractivity contribution >= 4 is 23.0 Å². The number of methoxy groups -OCH3 is 1. The summed E-state index contributed by atoms with van der Waals surface area (Å²) in [5.41, 5.74) is 2.70. The lowest BCUT2D eigenvalue weighted by Crippen LogP contribution is -2.12. The SMILES string of the molecule is COc1cccc(-c2nc(COC(=O)c3ccccc3NCCO)cs2)c1. The van der Waals surface area contributed by atoms with E-state index in [9.17, 15) is 4.79 Å². The molecule has 2 N–H and O–H groups in total. The highest BCUT2D eigenvalue weighted by Crippen LogP contribution is 2.27. The van der Waals surface area contributed by atoms with Crippen molar-refractivity contribution in [3.63, 3.8) is 0 Å². The molecule has 0 aliphatic rings. The van der Waals surface area contributed by atoms with Gasteiger partial charge in [-0.25, -0.2) is 9.78 Å². The number of benzene rings is 2. The lowest BCUT2D eigenvalue weighted by molar-refractivity contribution is 0.0469. The van der Waals surface area contributed by atoms with Gasteiger partial charge < -0.3 is 19.9 Å². The minimum absolute atomic E-state index is 0.0186. The van der Waals surface area contributed by atoms with Crippen LogP contribution in [-0.2, 0) is 11.3 Å². The predicted molar refractivity (Wildman–Crippen MR) is 105 cm³/mol. The Hall–Kier alpha value is -2.90. The van der Waals surface area contributed by atoms with Gasteiger partial charge in [-0.1, -0.05) is 24.3 Å². The maximum absolute atomic E-state index is 12.4. The van der Waals surface area contributed by atoms with Gasteiger partial charge in [0.05, 0.1) is 25.0 Å². The predicted octanol–water partition coefficient (Wildman–Crippen LogP) is 3.58. The summed E-state index contributed by atoms with van der Waals surface area (Å²) in [5.74, 6) is 0.328. The number of hydrogen-bond donors (Lipinski definition) is 2. The maximum Gasteiger partial charge on any atom is 0.340 e. The molecule has 0 unspecified atom stereocenters. The number of ether oxygens (including phenoxy) is 2. The zero-order chi connectivity index (χ0) is 19.1. The molecular weight excluding hydrogens is 364 g/mol. The molecule has 0 amide bonds. The van der Waals surface area contributed by atoms with Crippen LogP contribution in [0.4, 0.5) is 5.69 Å². The Morgan fingerprint density at radius 2 is 2.07 bits per heavy atom. The van der Waals surface area contributed by atoms with Crippen LogP contribution < -0.4 is 10.1 Å². The summed E-state index contributed by atoms with van der Waals surface area (Å²) in [6.45, 7) is 0.434. The van der Waals surface area contributed by atoms with E-state index in [1.807, 2.05) is 35.7 Å². The third-order valence-corrected chi connectivity index (χ3v) is 4.73. The molecule has 0 saturated carbocycles. The molecule has 0 atom stereocenters. The fourth-order valence-corrected chi connectivity index (χ4v) is 3.29. The molecule has 0 fully saturated rings. The molecule has 7 heteroatoms. The number of aliphatic hydroxyl groups is 1. The highest BCUT2D eigenvalue weighted by atomic mass is 32.1. The summed E-state index contributed by atoms with van der Waals surface area (Å²) in [6.07, 6.45) is 0. The van der Waals surface area contributed by atoms with Gasteiger partial charge in [-0.15, -0.1) is 11.3 Å². The fourth-order valence-electron chi connectivity index (χ4n) is 2.49. The van der Waals surface area contributed by atoms with E-state index < -0.39 is 5.97 Å². The van der Waals surface area contributed by atoms with Crippen molar-refractivity contribution in [2.24, 2.45) is 0 Å². The van der Waals surface area contributed by atoms with Crippen molar-refractivity contribution in [3.8, 4) is 16.3 Å². The third-order valence-electron chi connectivity index (χ3n) is 3.79. The van der Waals surface area contributed by atoms with E-state index in [1.54, 1.807) is 25.3 Å². The Bertz CT molecular complexity index is 910. The van der Waals surface area contributed by atoms with Gasteiger partial charge in [0, 0.05) is 23.2 Å². The van der Waals surface area contributed by atoms with Gasteiger partial charge in [-0.3, -0.25) is 0 Å². The number of nitrogens with zero attached hydrogens (tertiary/aromatic N) is 1. The molecule has 140 valence electrons. The highest BCUT2D eigenvalue weighted by molar-refractivity contribution is 7.13. The molecule has 1 aromatic heterocycles. The Morgan fingerprint density at radius 3 is 2.89 bits per heavy atom. The highest BCUT2D eigenvalue weighted by Gasteiger charge is 2.13. The Balaban J connectivity index is 1.66. The number of carbonyl (C=O) groups is 1. The van der Waals surface area contributed by atoms with Crippen LogP contribution in [0.15, 0.2) is 53.9 Å². The molecule has 0 aliphatic carbocycles.